The highest BCUT2D eigenvalue weighted by molar-refractivity contribution is 5.71. The Morgan fingerprint density at radius 3 is 2.79 bits per heavy atom. The van der Waals surface area contributed by atoms with Crippen LogP contribution in [0.1, 0.15) is 30.4 Å². The van der Waals surface area contributed by atoms with Crippen LogP contribution in [0.25, 0.3) is 11.3 Å². The van der Waals surface area contributed by atoms with Gasteiger partial charge in [-0.3, -0.25) is 10.1 Å². The standard InChI is InChI=1S/C21H19N5O2/c1-2-10-27-15-7-5-13(6-8-15)19-18-17(14-4-3-9-24-12-14)16(11-22)20(23)28-21(18)26-25-19/h3-9,12,17H,2,10,23H2,1H3,(H,25,26)/t17-/m0/s1. The lowest BCUT2D eigenvalue weighted by atomic mass is 9.84. The van der Waals surface area contributed by atoms with Gasteiger partial charge < -0.3 is 15.2 Å². The third kappa shape index (κ3) is 3.05. The van der Waals surface area contributed by atoms with Crippen molar-refractivity contribution in [2.45, 2.75) is 19.3 Å². The van der Waals surface area contributed by atoms with E-state index >= 15 is 0 Å². The maximum atomic E-state index is 9.70. The highest BCUT2D eigenvalue weighted by Crippen LogP contribution is 2.45. The van der Waals surface area contributed by atoms with Crippen molar-refractivity contribution < 1.29 is 9.47 Å². The lowest BCUT2D eigenvalue weighted by molar-refractivity contribution is 0.317. The molecule has 0 amide bonds. The topological polar surface area (TPSA) is 110 Å². The van der Waals surface area contributed by atoms with Gasteiger partial charge in [-0.15, -0.1) is 5.10 Å². The fourth-order valence-corrected chi connectivity index (χ4v) is 3.28. The number of hydrogen-bond acceptors (Lipinski definition) is 6. The van der Waals surface area contributed by atoms with Gasteiger partial charge in [-0.05, 0) is 42.3 Å². The number of nitrogens with two attached hydrogens (primary N) is 1. The number of hydrogen-bond donors (Lipinski definition) is 2. The van der Waals surface area contributed by atoms with Gasteiger partial charge in [-0.2, -0.15) is 5.26 Å². The van der Waals surface area contributed by atoms with Crippen LogP contribution in [0.15, 0.2) is 60.2 Å². The second kappa shape index (κ2) is 7.45. The molecular weight excluding hydrogens is 354 g/mol. The number of ether oxygens (including phenoxy) is 2. The Labute approximate surface area is 162 Å². The summed E-state index contributed by atoms with van der Waals surface area (Å²) in [7, 11) is 0. The number of aromatic nitrogens is 3. The van der Waals surface area contributed by atoms with E-state index in [2.05, 4.69) is 28.2 Å². The quantitative estimate of drug-likeness (QED) is 0.708. The Hall–Kier alpha value is -3.79. The summed E-state index contributed by atoms with van der Waals surface area (Å²) in [6.45, 7) is 2.74. The second-order valence-electron chi connectivity index (χ2n) is 6.40. The van der Waals surface area contributed by atoms with Crippen LogP contribution in [0.5, 0.6) is 11.6 Å². The van der Waals surface area contributed by atoms with E-state index in [0.717, 1.165) is 34.6 Å². The zero-order valence-electron chi connectivity index (χ0n) is 15.3. The minimum Gasteiger partial charge on any atom is -0.494 e. The summed E-state index contributed by atoms with van der Waals surface area (Å²) in [5.74, 6) is 0.824. The van der Waals surface area contributed by atoms with Crippen molar-refractivity contribution in [3.63, 3.8) is 0 Å². The number of aromatic amines is 1. The molecule has 1 aliphatic heterocycles. The van der Waals surface area contributed by atoms with E-state index in [1.54, 1.807) is 12.4 Å². The van der Waals surface area contributed by atoms with Crippen molar-refractivity contribution >= 4 is 0 Å². The van der Waals surface area contributed by atoms with E-state index in [1.165, 1.54) is 0 Å². The summed E-state index contributed by atoms with van der Waals surface area (Å²) >= 11 is 0. The van der Waals surface area contributed by atoms with E-state index in [0.29, 0.717) is 18.1 Å². The number of nitriles is 1. The molecular formula is C21H19N5O2. The van der Waals surface area contributed by atoms with Crippen molar-refractivity contribution in [2.24, 2.45) is 5.73 Å². The molecule has 1 atom stereocenters. The Bertz CT molecular complexity index is 1050. The minimum atomic E-state index is -0.410. The predicted molar refractivity (Wildman–Crippen MR) is 103 cm³/mol. The van der Waals surface area contributed by atoms with Crippen LogP contribution < -0.4 is 15.2 Å². The number of rotatable bonds is 5. The molecule has 1 aliphatic rings. The average molecular weight is 373 g/mol. The van der Waals surface area contributed by atoms with Crippen LogP contribution in [0.2, 0.25) is 0 Å². The molecule has 0 fully saturated rings. The van der Waals surface area contributed by atoms with Crippen molar-refractivity contribution in [1.29, 1.82) is 5.26 Å². The van der Waals surface area contributed by atoms with Crippen LogP contribution in [-0.4, -0.2) is 21.8 Å². The molecule has 140 valence electrons. The van der Waals surface area contributed by atoms with Crippen LogP contribution >= 0.6 is 0 Å². The molecule has 3 aromatic rings. The van der Waals surface area contributed by atoms with Crippen molar-refractivity contribution in [3.05, 3.63) is 71.4 Å². The molecule has 4 rings (SSSR count). The molecule has 7 heteroatoms. The van der Waals surface area contributed by atoms with Crippen molar-refractivity contribution in [3.8, 4) is 29.0 Å². The van der Waals surface area contributed by atoms with Gasteiger partial charge in [0.15, 0.2) is 0 Å². The maximum Gasteiger partial charge on any atom is 0.244 e. The minimum absolute atomic E-state index is 0.0604. The summed E-state index contributed by atoms with van der Waals surface area (Å²) in [4.78, 5) is 4.19. The first-order chi connectivity index (χ1) is 13.7. The number of nitrogens with zero attached hydrogens (tertiary/aromatic N) is 3. The molecule has 0 saturated heterocycles. The molecule has 2 aromatic heterocycles. The van der Waals surface area contributed by atoms with Gasteiger partial charge in [0, 0.05) is 18.0 Å². The molecule has 0 saturated carbocycles. The fourth-order valence-electron chi connectivity index (χ4n) is 3.28. The normalized spacial score (nSPS) is 15.5. The third-order valence-corrected chi connectivity index (χ3v) is 4.57. The number of pyridine rings is 1. The molecule has 0 radical (unpaired) electrons. The monoisotopic (exact) mass is 373 g/mol. The van der Waals surface area contributed by atoms with Crippen molar-refractivity contribution in [2.75, 3.05) is 6.61 Å². The largest absolute Gasteiger partial charge is 0.494 e. The molecule has 3 N–H and O–H groups in total. The van der Waals surface area contributed by atoms with Gasteiger partial charge in [0.25, 0.3) is 0 Å². The fraction of sp³-hybridized carbons (Fsp3) is 0.190. The first kappa shape index (κ1) is 17.6. The Morgan fingerprint density at radius 1 is 1.29 bits per heavy atom. The highest BCUT2D eigenvalue weighted by atomic mass is 16.5. The number of fused-ring (bicyclic) bond motifs is 1. The van der Waals surface area contributed by atoms with Crippen LogP contribution in [-0.2, 0) is 0 Å². The van der Waals surface area contributed by atoms with Gasteiger partial charge in [-0.1, -0.05) is 13.0 Å². The molecule has 0 spiro atoms. The van der Waals surface area contributed by atoms with E-state index < -0.39 is 5.92 Å². The van der Waals surface area contributed by atoms with Crippen molar-refractivity contribution in [1.82, 2.24) is 15.2 Å². The smallest absolute Gasteiger partial charge is 0.244 e. The lowest BCUT2D eigenvalue weighted by Gasteiger charge is -2.23. The average Bonchev–Trinajstić information content (AvgIpc) is 3.15. The molecule has 28 heavy (non-hydrogen) atoms. The summed E-state index contributed by atoms with van der Waals surface area (Å²) < 4.78 is 11.3. The lowest BCUT2D eigenvalue weighted by Crippen LogP contribution is -2.21. The van der Waals surface area contributed by atoms with Gasteiger partial charge >= 0.3 is 0 Å². The van der Waals surface area contributed by atoms with E-state index in [-0.39, 0.29) is 5.88 Å². The SMILES string of the molecule is CCCOc1ccc(-c2[nH]nc3c2[C@@H](c2cccnc2)C(C#N)=C(N)O3)cc1. The van der Waals surface area contributed by atoms with Crippen LogP contribution in [0.4, 0.5) is 0 Å². The van der Waals surface area contributed by atoms with E-state index in [4.69, 9.17) is 15.2 Å². The first-order valence-corrected chi connectivity index (χ1v) is 9.02. The van der Waals surface area contributed by atoms with Gasteiger partial charge in [0.1, 0.15) is 17.4 Å². The maximum absolute atomic E-state index is 9.70. The zero-order chi connectivity index (χ0) is 19.5. The first-order valence-electron chi connectivity index (χ1n) is 9.02. The molecule has 0 unspecified atom stereocenters. The summed E-state index contributed by atoms with van der Waals surface area (Å²) in [5.41, 5.74) is 9.62. The summed E-state index contributed by atoms with van der Waals surface area (Å²) in [5, 5.41) is 17.0. The highest BCUT2D eigenvalue weighted by Gasteiger charge is 2.35. The van der Waals surface area contributed by atoms with Gasteiger partial charge in [-0.25, -0.2) is 0 Å². The number of benzene rings is 1. The second-order valence-corrected chi connectivity index (χ2v) is 6.40. The summed E-state index contributed by atoms with van der Waals surface area (Å²) in [6, 6.07) is 13.7. The van der Waals surface area contributed by atoms with E-state index in [1.807, 2.05) is 36.4 Å². The molecule has 0 aliphatic carbocycles. The Kier molecular flexibility index (Phi) is 4.68. The van der Waals surface area contributed by atoms with Crippen LogP contribution in [0.3, 0.4) is 0 Å². The predicted octanol–water partition coefficient (Wildman–Crippen LogP) is 3.48. The Morgan fingerprint density at radius 2 is 2.11 bits per heavy atom. The van der Waals surface area contributed by atoms with Gasteiger partial charge in [0.05, 0.1) is 23.8 Å². The van der Waals surface area contributed by atoms with Gasteiger partial charge in [0.2, 0.25) is 11.8 Å². The third-order valence-electron chi connectivity index (χ3n) is 4.57. The Balaban J connectivity index is 1.80. The van der Waals surface area contributed by atoms with Crippen LogP contribution in [0, 0.1) is 11.3 Å². The molecule has 3 heterocycles. The number of nitrogens with one attached hydrogen (secondary N) is 1. The number of allylic oxidation sites excluding steroid dienone is 1. The molecule has 1 aromatic carbocycles. The zero-order valence-corrected chi connectivity index (χ0v) is 15.3. The van der Waals surface area contributed by atoms with E-state index in [9.17, 15) is 5.26 Å². The molecule has 7 nitrogen and oxygen atoms in total. The summed E-state index contributed by atoms with van der Waals surface area (Å²) in [6.07, 6.45) is 4.36. The number of H-pyrrole nitrogens is 1. The molecule has 0 bridgehead atoms.